The summed E-state index contributed by atoms with van der Waals surface area (Å²) in [6.45, 7) is 1.80. The van der Waals surface area contributed by atoms with Gasteiger partial charge < -0.3 is 15.8 Å². The molecular formula is C15H14ClFN2O2. The van der Waals surface area contributed by atoms with Gasteiger partial charge >= 0.3 is 0 Å². The van der Waals surface area contributed by atoms with Gasteiger partial charge in [0.2, 0.25) is 0 Å². The van der Waals surface area contributed by atoms with E-state index in [0.717, 1.165) is 11.6 Å². The molecule has 0 aliphatic heterocycles. The summed E-state index contributed by atoms with van der Waals surface area (Å²) in [5.74, 6) is -0.644. The van der Waals surface area contributed by atoms with E-state index in [9.17, 15) is 9.18 Å². The fourth-order valence-corrected chi connectivity index (χ4v) is 2.00. The number of ether oxygens (including phenoxy) is 1. The average Bonchev–Trinajstić information content (AvgIpc) is 2.45. The highest BCUT2D eigenvalue weighted by molar-refractivity contribution is 6.31. The number of carbonyl (C=O) groups excluding carboxylic acids is 1. The molecule has 0 unspecified atom stereocenters. The Bertz CT molecular complexity index is 704. The topological polar surface area (TPSA) is 64.3 Å². The van der Waals surface area contributed by atoms with E-state index in [0.29, 0.717) is 16.5 Å². The summed E-state index contributed by atoms with van der Waals surface area (Å²) in [7, 11) is 1.47. The van der Waals surface area contributed by atoms with Crippen molar-refractivity contribution >= 4 is 28.9 Å². The van der Waals surface area contributed by atoms with Crippen molar-refractivity contribution in [2.75, 3.05) is 18.2 Å². The number of nitrogen functional groups attached to an aromatic ring is 1. The molecule has 0 saturated heterocycles. The fraction of sp³-hybridized carbons (Fsp3) is 0.133. The number of carbonyl (C=O) groups is 1. The first-order chi connectivity index (χ1) is 9.92. The summed E-state index contributed by atoms with van der Waals surface area (Å²) in [6.07, 6.45) is 0. The van der Waals surface area contributed by atoms with Crippen molar-refractivity contribution in [1.82, 2.24) is 0 Å². The Morgan fingerprint density at radius 3 is 2.71 bits per heavy atom. The van der Waals surface area contributed by atoms with E-state index in [1.807, 2.05) is 0 Å². The fourth-order valence-electron chi connectivity index (χ4n) is 1.84. The van der Waals surface area contributed by atoms with Gasteiger partial charge in [0, 0.05) is 16.8 Å². The van der Waals surface area contributed by atoms with Gasteiger partial charge in [0.1, 0.15) is 11.6 Å². The van der Waals surface area contributed by atoms with Crippen LogP contribution in [0.15, 0.2) is 30.3 Å². The number of benzene rings is 2. The molecule has 4 nitrogen and oxygen atoms in total. The van der Waals surface area contributed by atoms with Gasteiger partial charge in [0.15, 0.2) is 0 Å². The Morgan fingerprint density at radius 1 is 1.33 bits per heavy atom. The number of nitrogens with one attached hydrogen (secondary N) is 1. The molecular weight excluding hydrogens is 295 g/mol. The van der Waals surface area contributed by atoms with E-state index in [1.54, 1.807) is 19.1 Å². The lowest BCUT2D eigenvalue weighted by atomic mass is 10.1. The van der Waals surface area contributed by atoms with Crippen LogP contribution in [0.5, 0.6) is 5.75 Å². The van der Waals surface area contributed by atoms with Crippen LogP contribution in [-0.2, 0) is 0 Å². The minimum Gasteiger partial charge on any atom is -0.495 e. The van der Waals surface area contributed by atoms with Gasteiger partial charge in [0.05, 0.1) is 18.4 Å². The number of halogens is 2. The van der Waals surface area contributed by atoms with Gasteiger partial charge in [-0.3, -0.25) is 4.79 Å². The highest BCUT2D eigenvalue weighted by Crippen LogP contribution is 2.31. The molecule has 21 heavy (non-hydrogen) atoms. The third-order valence-corrected chi connectivity index (χ3v) is 3.40. The first kappa shape index (κ1) is 15.1. The van der Waals surface area contributed by atoms with Gasteiger partial charge in [-0.25, -0.2) is 4.39 Å². The molecule has 0 radical (unpaired) electrons. The Balaban J connectivity index is 2.35. The average molecular weight is 309 g/mol. The highest BCUT2D eigenvalue weighted by Gasteiger charge is 2.14. The van der Waals surface area contributed by atoms with Crippen molar-refractivity contribution in [1.29, 1.82) is 0 Å². The molecule has 6 heteroatoms. The maximum absolute atomic E-state index is 13.2. The minimum atomic E-state index is -0.534. The molecule has 0 atom stereocenters. The summed E-state index contributed by atoms with van der Waals surface area (Å²) in [5, 5.41) is 3.17. The molecule has 0 fully saturated rings. The summed E-state index contributed by atoms with van der Waals surface area (Å²) >= 11 is 6.00. The maximum atomic E-state index is 13.2. The maximum Gasteiger partial charge on any atom is 0.257 e. The van der Waals surface area contributed by atoms with Crippen LogP contribution in [0.25, 0.3) is 0 Å². The number of amides is 1. The second-order valence-electron chi connectivity index (χ2n) is 4.49. The van der Waals surface area contributed by atoms with E-state index in [4.69, 9.17) is 22.1 Å². The molecule has 1 amide bonds. The number of rotatable bonds is 3. The lowest BCUT2D eigenvalue weighted by Crippen LogP contribution is -2.15. The van der Waals surface area contributed by atoms with E-state index < -0.39 is 11.7 Å². The van der Waals surface area contributed by atoms with E-state index in [-0.39, 0.29) is 11.3 Å². The van der Waals surface area contributed by atoms with Gasteiger partial charge in [0.25, 0.3) is 5.91 Å². The summed E-state index contributed by atoms with van der Waals surface area (Å²) in [4.78, 5) is 12.2. The predicted molar refractivity (Wildman–Crippen MR) is 81.5 cm³/mol. The molecule has 3 N–H and O–H groups in total. The van der Waals surface area contributed by atoms with Crippen LogP contribution < -0.4 is 15.8 Å². The molecule has 2 aromatic carbocycles. The summed E-state index contributed by atoms with van der Waals surface area (Å²) in [5.41, 5.74) is 7.16. The van der Waals surface area contributed by atoms with Gasteiger partial charge in [-0.2, -0.15) is 0 Å². The van der Waals surface area contributed by atoms with E-state index in [2.05, 4.69) is 5.32 Å². The van der Waals surface area contributed by atoms with Crippen molar-refractivity contribution in [3.05, 3.63) is 52.3 Å². The Kier molecular flexibility index (Phi) is 4.33. The largest absolute Gasteiger partial charge is 0.495 e. The smallest absolute Gasteiger partial charge is 0.257 e. The molecule has 0 bridgehead atoms. The number of anilines is 2. The number of methoxy groups -OCH3 is 1. The number of nitrogens with two attached hydrogens (primary N) is 1. The molecule has 0 heterocycles. The molecule has 0 aromatic heterocycles. The number of aryl methyl sites for hydroxylation is 1. The van der Waals surface area contributed by atoms with E-state index in [1.165, 1.54) is 19.2 Å². The van der Waals surface area contributed by atoms with Crippen molar-refractivity contribution in [2.45, 2.75) is 6.92 Å². The number of hydrogen-bond acceptors (Lipinski definition) is 3. The number of hydrogen-bond donors (Lipinski definition) is 2. The molecule has 2 aromatic rings. The minimum absolute atomic E-state index is 0.0599. The summed E-state index contributed by atoms with van der Waals surface area (Å²) in [6, 6.07) is 6.89. The van der Waals surface area contributed by atoms with Crippen LogP contribution in [0.3, 0.4) is 0 Å². The van der Waals surface area contributed by atoms with Crippen molar-refractivity contribution in [3.63, 3.8) is 0 Å². The Hall–Kier alpha value is -2.27. The second-order valence-corrected chi connectivity index (χ2v) is 4.89. The highest BCUT2D eigenvalue weighted by atomic mass is 35.5. The lowest BCUT2D eigenvalue weighted by molar-refractivity contribution is 0.102. The van der Waals surface area contributed by atoms with Crippen molar-refractivity contribution < 1.29 is 13.9 Å². The van der Waals surface area contributed by atoms with Gasteiger partial charge in [-0.05, 0) is 36.8 Å². The predicted octanol–water partition coefficient (Wildman–Crippen LogP) is 3.63. The standard InChI is InChI=1S/C15H14ClFN2O2/c1-8-5-13(14(21-2)7-11(8)16)19-15(20)10-6-9(17)3-4-12(10)18/h3-7H,18H2,1-2H3,(H,19,20). The van der Waals surface area contributed by atoms with Gasteiger partial charge in [-0.15, -0.1) is 0 Å². The Labute approximate surface area is 126 Å². The zero-order valence-corrected chi connectivity index (χ0v) is 12.3. The SMILES string of the molecule is COc1cc(Cl)c(C)cc1NC(=O)c1cc(F)ccc1N. The molecule has 110 valence electrons. The molecule has 0 spiro atoms. The first-order valence-corrected chi connectivity index (χ1v) is 6.50. The van der Waals surface area contributed by atoms with Crippen molar-refractivity contribution in [2.24, 2.45) is 0 Å². The van der Waals surface area contributed by atoms with Crippen LogP contribution in [0.1, 0.15) is 15.9 Å². The zero-order valence-electron chi connectivity index (χ0n) is 11.5. The quantitative estimate of drug-likeness (QED) is 0.851. The normalized spacial score (nSPS) is 10.3. The third kappa shape index (κ3) is 3.25. The summed E-state index contributed by atoms with van der Waals surface area (Å²) < 4.78 is 18.4. The van der Waals surface area contributed by atoms with Crippen molar-refractivity contribution in [3.8, 4) is 5.75 Å². The van der Waals surface area contributed by atoms with Crippen LogP contribution >= 0.6 is 11.6 Å². The first-order valence-electron chi connectivity index (χ1n) is 6.13. The molecule has 2 rings (SSSR count). The molecule has 0 saturated carbocycles. The van der Waals surface area contributed by atoms with Crippen LogP contribution in [0.4, 0.5) is 15.8 Å². The monoisotopic (exact) mass is 308 g/mol. The molecule has 0 aliphatic rings. The zero-order chi connectivity index (χ0) is 15.6. The van der Waals surface area contributed by atoms with E-state index >= 15 is 0 Å². The third-order valence-electron chi connectivity index (χ3n) is 2.99. The lowest BCUT2D eigenvalue weighted by Gasteiger charge is -2.13. The molecule has 0 aliphatic carbocycles. The van der Waals surface area contributed by atoms with Crippen LogP contribution in [0, 0.1) is 12.7 Å². The Morgan fingerprint density at radius 2 is 2.05 bits per heavy atom. The van der Waals surface area contributed by atoms with Crippen LogP contribution in [-0.4, -0.2) is 13.0 Å². The van der Waals surface area contributed by atoms with Crippen LogP contribution in [0.2, 0.25) is 5.02 Å². The second kappa shape index (κ2) is 6.01. The van der Waals surface area contributed by atoms with Gasteiger partial charge in [-0.1, -0.05) is 11.6 Å².